The number of benzene rings is 1. The highest BCUT2D eigenvalue weighted by atomic mass is 35.5. The number of nitrogens with zero attached hydrogens (tertiary/aromatic N) is 3. The average Bonchev–Trinajstić information content (AvgIpc) is 3.35. The molecule has 26 heavy (non-hydrogen) atoms. The lowest BCUT2D eigenvalue weighted by molar-refractivity contribution is -0.113. The van der Waals surface area contributed by atoms with Crippen molar-refractivity contribution in [1.29, 1.82) is 0 Å². The van der Waals surface area contributed by atoms with Crippen molar-refractivity contribution in [2.45, 2.75) is 44.0 Å². The van der Waals surface area contributed by atoms with Gasteiger partial charge in [0.15, 0.2) is 5.16 Å². The maximum atomic E-state index is 12.2. The van der Waals surface area contributed by atoms with E-state index in [-0.39, 0.29) is 22.4 Å². The van der Waals surface area contributed by atoms with Crippen LogP contribution in [0.2, 0.25) is 5.02 Å². The monoisotopic (exact) mass is 402 g/mol. The summed E-state index contributed by atoms with van der Waals surface area (Å²) in [5.74, 6) is 1.22. The molecule has 1 saturated carbocycles. The predicted octanol–water partition coefficient (Wildman–Crippen LogP) is 4.16. The van der Waals surface area contributed by atoms with Crippen LogP contribution in [0.5, 0.6) is 5.75 Å². The zero-order valence-corrected chi connectivity index (χ0v) is 15.5. The minimum absolute atomic E-state index is 0.00412. The maximum Gasteiger partial charge on any atom is 0.387 e. The quantitative estimate of drug-likeness (QED) is 0.671. The van der Waals surface area contributed by atoms with Crippen LogP contribution < -0.4 is 10.1 Å². The van der Waals surface area contributed by atoms with Crippen molar-refractivity contribution in [2.75, 3.05) is 11.1 Å². The summed E-state index contributed by atoms with van der Waals surface area (Å²) in [7, 11) is 0. The Balaban J connectivity index is 1.57. The van der Waals surface area contributed by atoms with Gasteiger partial charge in [0, 0.05) is 18.2 Å². The van der Waals surface area contributed by atoms with Gasteiger partial charge in [0.1, 0.15) is 11.6 Å². The molecule has 0 radical (unpaired) electrons. The number of amides is 1. The molecule has 0 saturated heterocycles. The van der Waals surface area contributed by atoms with Crippen LogP contribution in [0, 0.1) is 0 Å². The van der Waals surface area contributed by atoms with Crippen LogP contribution in [-0.4, -0.2) is 33.0 Å². The Labute approximate surface area is 158 Å². The number of carbonyl (C=O) groups is 1. The number of alkyl halides is 2. The van der Waals surface area contributed by atoms with Gasteiger partial charge in [0.05, 0.1) is 10.8 Å². The Morgan fingerprint density at radius 3 is 2.85 bits per heavy atom. The van der Waals surface area contributed by atoms with Gasteiger partial charge in [-0.1, -0.05) is 23.4 Å². The highest BCUT2D eigenvalue weighted by molar-refractivity contribution is 7.99. The molecule has 10 heteroatoms. The lowest BCUT2D eigenvalue weighted by Crippen LogP contribution is -2.15. The zero-order valence-electron chi connectivity index (χ0n) is 13.9. The summed E-state index contributed by atoms with van der Waals surface area (Å²) in [6, 6.07) is 4.10. The number of thioether (sulfide) groups is 1. The molecule has 0 atom stereocenters. The minimum Gasteiger partial charge on any atom is -0.433 e. The molecule has 0 unspecified atom stereocenters. The molecule has 0 bridgehead atoms. The van der Waals surface area contributed by atoms with Gasteiger partial charge in [-0.25, -0.2) is 0 Å². The molecule has 1 aromatic heterocycles. The fraction of sp³-hybridized carbons (Fsp3) is 0.438. The molecule has 2 aromatic rings. The molecular formula is C16H17ClF2N4O2S. The highest BCUT2D eigenvalue weighted by Crippen LogP contribution is 2.40. The second-order valence-electron chi connectivity index (χ2n) is 5.72. The number of hydrogen-bond donors (Lipinski definition) is 1. The van der Waals surface area contributed by atoms with E-state index in [9.17, 15) is 13.6 Å². The predicted molar refractivity (Wildman–Crippen MR) is 95.1 cm³/mol. The fourth-order valence-electron chi connectivity index (χ4n) is 2.44. The van der Waals surface area contributed by atoms with Crippen molar-refractivity contribution in [2.24, 2.45) is 0 Å². The Morgan fingerprint density at radius 1 is 1.46 bits per heavy atom. The number of aromatic nitrogens is 3. The lowest BCUT2D eigenvalue weighted by Gasteiger charge is -2.10. The molecule has 1 fully saturated rings. The molecule has 1 heterocycles. The summed E-state index contributed by atoms with van der Waals surface area (Å²) in [6.07, 6.45) is 2.27. The third-order valence-electron chi connectivity index (χ3n) is 3.77. The molecular weight excluding hydrogens is 386 g/mol. The van der Waals surface area contributed by atoms with Crippen LogP contribution in [0.3, 0.4) is 0 Å². The minimum atomic E-state index is -2.96. The average molecular weight is 403 g/mol. The molecule has 6 nitrogen and oxygen atoms in total. The van der Waals surface area contributed by atoms with E-state index in [2.05, 4.69) is 20.3 Å². The SMILES string of the molecule is CCn1c(SCC(=O)Nc2ccc(OC(F)F)c(Cl)c2)nnc1C1CC1. The standard InChI is InChI=1S/C16H17ClF2N4O2S/c1-2-23-14(9-3-4-9)21-22-16(23)26-8-13(24)20-10-5-6-12(11(17)7-10)25-15(18)19/h5-7,9,15H,2-4,8H2,1H3,(H,20,24). The van der Waals surface area contributed by atoms with Crippen molar-refractivity contribution in [3.63, 3.8) is 0 Å². The topological polar surface area (TPSA) is 69.0 Å². The van der Waals surface area contributed by atoms with Crippen molar-refractivity contribution in [3.8, 4) is 5.75 Å². The molecule has 0 aliphatic heterocycles. The van der Waals surface area contributed by atoms with Gasteiger partial charge in [0.25, 0.3) is 0 Å². The first-order valence-corrected chi connectivity index (χ1v) is 9.44. The van der Waals surface area contributed by atoms with Gasteiger partial charge in [-0.15, -0.1) is 10.2 Å². The van der Waals surface area contributed by atoms with E-state index in [1.807, 2.05) is 11.5 Å². The first-order chi connectivity index (χ1) is 12.5. The van der Waals surface area contributed by atoms with E-state index in [1.165, 1.54) is 30.0 Å². The van der Waals surface area contributed by atoms with Crippen molar-refractivity contribution < 1.29 is 18.3 Å². The Bertz CT molecular complexity index is 799. The first-order valence-electron chi connectivity index (χ1n) is 8.08. The third-order valence-corrected chi connectivity index (χ3v) is 5.03. The van der Waals surface area contributed by atoms with Gasteiger partial charge in [-0.05, 0) is 38.0 Å². The Morgan fingerprint density at radius 2 is 2.23 bits per heavy atom. The second-order valence-corrected chi connectivity index (χ2v) is 7.07. The molecule has 0 spiro atoms. The van der Waals surface area contributed by atoms with E-state index in [0.717, 1.165) is 25.2 Å². The van der Waals surface area contributed by atoms with E-state index < -0.39 is 6.61 Å². The van der Waals surface area contributed by atoms with Crippen LogP contribution in [0.25, 0.3) is 0 Å². The zero-order chi connectivity index (χ0) is 18.7. The van der Waals surface area contributed by atoms with Crippen LogP contribution >= 0.6 is 23.4 Å². The summed E-state index contributed by atoms with van der Waals surface area (Å²) in [5.41, 5.74) is 0.401. The van der Waals surface area contributed by atoms with Crippen LogP contribution in [-0.2, 0) is 11.3 Å². The van der Waals surface area contributed by atoms with Crippen LogP contribution in [0.4, 0.5) is 14.5 Å². The van der Waals surface area contributed by atoms with Crippen molar-refractivity contribution in [1.82, 2.24) is 14.8 Å². The number of hydrogen-bond acceptors (Lipinski definition) is 5. The molecule has 3 rings (SSSR count). The van der Waals surface area contributed by atoms with E-state index in [0.29, 0.717) is 16.8 Å². The summed E-state index contributed by atoms with van der Waals surface area (Å²) in [5, 5.41) is 11.8. The van der Waals surface area contributed by atoms with Gasteiger partial charge in [-0.2, -0.15) is 8.78 Å². The molecule has 140 valence electrons. The van der Waals surface area contributed by atoms with Crippen LogP contribution in [0.15, 0.2) is 23.4 Å². The van der Waals surface area contributed by atoms with Gasteiger partial charge in [-0.3, -0.25) is 4.79 Å². The van der Waals surface area contributed by atoms with Crippen LogP contribution in [0.1, 0.15) is 31.5 Å². The maximum absolute atomic E-state index is 12.2. The molecule has 1 N–H and O–H groups in total. The highest BCUT2D eigenvalue weighted by Gasteiger charge is 2.30. The molecule has 1 aliphatic rings. The number of halogens is 3. The van der Waals surface area contributed by atoms with Crippen molar-refractivity contribution in [3.05, 3.63) is 29.0 Å². The van der Waals surface area contributed by atoms with Gasteiger partial charge in [0.2, 0.25) is 5.91 Å². The van der Waals surface area contributed by atoms with Crippen molar-refractivity contribution >= 4 is 35.0 Å². The third kappa shape index (κ3) is 4.64. The van der Waals surface area contributed by atoms with E-state index in [4.69, 9.17) is 11.6 Å². The Hall–Kier alpha value is -1.87. The number of rotatable bonds is 8. The second kappa shape index (κ2) is 8.22. The van der Waals surface area contributed by atoms with Gasteiger partial charge < -0.3 is 14.6 Å². The fourth-order valence-corrected chi connectivity index (χ4v) is 3.48. The first kappa shape index (κ1) is 18.9. The molecule has 1 amide bonds. The molecule has 1 aromatic carbocycles. The largest absolute Gasteiger partial charge is 0.433 e. The summed E-state index contributed by atoms with van der Waals surface area (Å²) in [4.78, 5) is 12.1. The van der Waals surface area contributed by atoms with E-state index in [1.54, 1.807) is 0 Å². The summed E-state index contributed by atoms with van der Waals surface area (Å²) >= 11 is 7.17. The molecule has 1 aliphatic carbocycles. The van der Waals surface area contributed by atoms with Gasteiger partial charge >= 0.3 is 6.61 Å². The number of ether oxygens (including phenoxy) is 1. The smallest absolute Gasteiger partial charge is 0.387 e. The normalized spacial score (nSPS) is 13.9. The lowest BCUT2D eigenvalue weighted by atomic mass is 10.3. The Kier molecular flexibility index (Phi) is 5.98. The number of carbonyl (C=O) groups excluding carboxylic acids is 1. The summed E-state index contributed by atoms with van der Waals surface area (Å²) in [6.45, 7) is -0.185. The summed E-state index contributed by atoms with van der Waals surface area (Å²) < 4.78 is 30.7. The number of nitrogens with one attached hydrogen (secondary N) is 1. The van der Waals surface area contributed by atoms with E-state index >= 15 is 0 Å². The number of anilines is 1.